The van der Waals surface area contributed by atoms with E-state index in [0.29, 0.717) is 17.8 Å². The molecule has 0 bridgehead atoms. The number of hydrogen-bond acceptors (Lipinski definition) is 2. The summed E-state index contributed by atoms with van der Waals surface area (Å²) in [7, 11) is 0. The van der Waals surface area contributed by atoms with Crippen molar-refractivity contribution in [3.63, 3.8) is 0 Å². The molecule has 106 valence electrons. The molecule has 1 aliphatic carbocycles. The number of halogens is 1. The minimum Gasteiger partial charge on any atom is -0.354 e. The smallest absolute Gasteiger partial charge is 0.129 e. The van der Waals surface area contributed by atoms with Crippen LogP contribution in [0.25, 0.3) is 0 Å². The van der Waals surface area contributed by atoms with Gasteiger partial charge in [-0.3, -0.25) is 0 Å². The number of nitrogens with zero attached hydrogens (tertiary/aromatic N) is 2. The summed E-state index contributed by atoms with van der Waals surface area (Å²) in [5, 5.41) is 0. The molecule has 3 heteroatoms. The number of hydrogen-bond donors (Lipinski definition) is 0. The predicted octanol–water partition coefficient (Wildman–Crippen LogP) is 4.57. The average molecular weight is 281 g/mol. The first kappa shape index (κ1) is 14.6. The Bertz CT molecular complexity index is 425. The quantitative estimate of drug-likeness (QED) is 0.710. The van der Waals surface area contributed by atoms with Crippen LogP contribution in [-0.2, 0) is 5.88 Å². The molecule has 1 fully saturated rings. The summed E-state index contributed by atoms with van der Waals surface area (Å²) < 4.78 is 0. The topological polar surface area (TPSA) is 16.1 Å². The molecule has 1 saturated carbocycles. The van der Waals surface area contributed by atoms with Crippen LogP contribution >= 0.6 is 11.6 Å². The van der Waals surface area contributed by atoms with Crippen molar-refractivity contribution in [3.05, 3.63) is 23.4 Å². The first-order valence-corrected chi connectivity index (χ1v) is 7.88. The number of rotatable bonds is 6. The molecule has 1 heterocycles. The van der Waals surface area contributed by atoms with Gasteiger partial charge in [-0.1, -0.05) is 13.8 Å². The van der Waals surface area contributed by atoms with Gasteiger partial charge < -0.3 is 4.90 Å². The highest BCUT2D eigenvalue weighted by Crippen LogP contribution is 2.32. The zero-order valence-corrected chi connectivity index (χ0v) is 13.2. The molecule has 0 aliphatic heterocycles. The standard InChI is InChI=1S/C16H25ClN2/c1-11(2)15-7-14(9-17)8-16(18-15)19(12(3)4)10-13-5-6-13/h7-8,11-13H,5-6,9-10H2,1-4H3. The summed E-state index contributed by atoms with van der Waals surface area (Å²) in [4.78, 5) is 7.28. The van der Waals surface area contributed by atoms with E-state index in [9.17, 15) is 0 Å². The Hall–Kier alpha value is -0.760. The normalized spacial score (nSPS) is 15.3. The Labute approximate surface area is 122 Å². The molecule has 0 atom stereocenters. The van der Waals surface area contributed by atoms with Crippen molar-refractivity contribution in [2.75, 3.05) is 11.4 Å². The van der Waals surface area contributed by atoms with Crippen LogP contribution in [0.2, 0.25) is 0 Å². The van der Waals surface area contributed by atoms with Gasteiger partial charge in [-0.15, -0.1) is 11.6 Å². The SMILES string of the molecule is CC(C)c1cc(CCl)cc(N(CC2CC2)C(C)C)n1. The third-order valence-corrected chi connectivity index (χ3v) is 4.02. The summed E-state index contributed by atoms with van der Waals surface area (Å²) in [6.07, 6.45) is 2.74. The summed E-state index contributed by atoms with van der Waals surface area (Å²) in [6, 6.07) is 4.77. The maximum absolute atomic E-state index is 6.03. The molecule has 2 rings (SSSR count). The van der Waals surface area contributed by atoms with Crippen LogP contribution in [0.5, 0.6) is 0 Å². The van der Waals surface area contributed by atoms with Gasteiger partial charge in [0.15, 0.2) is 0 Å². The first-order chi connectivity index (χ1) is 9.01. The second-order valence-electron chi connectivity index (χ2n) is 6.24. The number of pyridine rings is 1. The van der Waals surface area contributed by atoms with E-state index in [1.54, 1.807) is 0 Å². The van der Waals surface area contributed by atoms with Crippen molar-refractivity contribution in [2.24, 2.45) is 5.92 Å². The van der Waals surface area contributed by atoms with E-state index < -0.39 is 0 Å². The van der Waals surface area contributed by atoms with Gasteiger partial charge in [-0.25, -0.2) is 4.98 Å². The highest BCUT2D eigenvalue weighted by atomic mass is 35.5. The van der Waals surface area contributed by atoms with Gasteiger partial charge in [-0.2, -0.15) is 0 Å². The maximum Gasteiger partial charge on any atom is 0.129 e. The molecule has 0 N–H and O–H groups in total. The van der Waals surface area contributed by atoms with E-state index in [-0.39, 0.29) is 0 Å². The average Bonchev–Trinajstić information content (AvgIpc) is 3.18. The van der Waals surface area contributed by atoms with Crippen LogP contribution in [0.4, 0.5) is 5.82 Å². The number of anilines is 1. The van der Waals surface area contributed by atoms with Gasteiger partial charge in [0, 0.05) is 24.2 Å². The molecule has 0 unspecified atom stereocenters. The third-order valence-electron chi connectivity index (χ3n) is 3.71. The van der Waals surface area contributed by atoms with Crippen LogP contribution in [0.15, 0.2) is 12.1 Å². The van der Waals surface area contributed by atoms with Crippen molar-refractivity contribution < 1.29 is 0 Å². The molecule has 1 aromatic heterocycles. The summed E-state index contributed by atoms with van der Waals surface area (Å²) in [5.74, 6) is 2.97. The molecular formula is C16H25ClN2. The number of aromatic nitrogens is 1. The predicted molar refractivity (Wildman–Crippen MR) is 83.1 cm³/mol. The molecule has 0 amide bonds. The minimum atomic E-state index is 0.442. The van der Waals surface area contributed by atoms with Crippen molar-refractivity contribution >= 4 is 17.4 Å². The van der Waals surface area contributed by atoms with Crippen LogP contribution in [-0.4, -0.2) is 17.6 Å². The summed E-state index contributed by atoms with van der Waals surface area (Å²) in [6.45, 7) is 9.99. The molecule has 19 heavy (non-hydrogen) atoms. The fourth-order valence-electron chi connectivity index (χ4n) is 2.26. The fourth-order valence-corrected chi connectivity index (χ4v) is 2.42. The van der Waals surface area contributed by atoms with Crippen LogP contribution in [0.3, 0.4) is 0 Å². The largest absolute Gasteiger partial charge is 0.354 e. The Morgan fingerprint density at radius 1 is 1.26 bits per heavy atom. The van der Waals surface area contributed by atoms with Gasteiger partial charge in [-0.05, 0) is 56.2 Å². The van der Waals surface area contributed by atoms with Crippen LogP contribution in [0.1, 0.15) is 57.7 Å². The maximum atomic E-state index is 6.03. The molecule has 0 aromatic carbocycles. The van der Waals surface area contributed by atoms with Crippen molar-refractivity contribution in [3.8, 4) is 0 Å². The van der Waals surface area contributed by atoms with E-state index in [1.165, 1.54) is 18.4 Å². The van der Waals surface area contributed by atoms with E-state index >= 15 is 0 Å². The van der Waals surface area contributed by atoms with Gasteiger partial charge >= 0.3 is 0 Å². The third kappa shape index (κ3) is 3.85. The summed E-state index contributed by atoms with van der Waals surface area (Å²) >= 11 is 6.03. The number of alkyl halides is 1. The molecule has 2 nitrogen and oxygen atoms in total. The second kappa shape index (κ2) is 6.13. The lowest BCUT2D eigenvalue weighted by Gasteiger charge is -2.29. The van der Waals surface area contributed by atoms with E-state index in [4.69, 9.17) is 16.6 Å². The molecule has 0 saturated heterocycles. The zero-order chi connectivity index (χ0) is 14.0. The van der Waals surface area contributed by atoms with Crippen LogP contribution in [0, 0.1) is 5.92 Å². The summed E-state index contributed by atoms with van der Waals surface area (Å²) in [5.41, 5.74) is 2.33. The van der Waals surface area contributed by atoms with Crippen molar-refractivity contribution in [1.29, 1.82) is 0 Å². The van der Waals surface area contributed by atoms with Crippen molar-refractivity contribution in [2.45, 2.75) is 58.4 Å². The highest BCUT2D eigenvalue weighted by Gasteiger charge is 2.26. The van der Waals surface area contributed by atoms with Crippen LogP contribution < -0.4 is 4.90 Å². The molecule has 1 aromatic rings. The highest BCUT2D eigenvalue weighted by molar-refractivity contribution is 6.17. The van der Waals surface area contributed by atoms with Crippen molar-refractivity contribution in [1.82, 2.24) is 4.98 Å². The fraction of sp³-hybridized carbons (Fsp3) is 0.688. The van der Waals surface area contributed by atoms with Gasteiger partial charge in [0.25, 0.3) is 0 Å². The van der Waals surface area contributed by atoms with Gasteiger partial charge in [0.05, 0.1) is 0 Å². The minimum absolute atomic E-state index is 0.442. The molecular weight excluding hydrogens is 256 g/mol. The Kier molecular flexibility index (Phi) is 4.72. The van der Waals surface area contributed by atoms with E-state index in [0.717, 1.165) is 24.0 Å². The Morgan fingerprint density at radius 2 is 1.95 bits per heavy atom. The lowest BCUT2D eigenvalue weighted by atomic mass is 10.1. The van der Waals surface area contributed by atoms with Gasteiger partial charge in [0.1, 0.15) is 5.82 Å². The Balaban J connectivity index is 2.30. The second-order valence-corrected chi connectivity index (χ2v) is 6.50. The van der Waals surface area contributed by atoms with Gasteiger partial charge in [0.2, 0.25) is 0 Å². The van der Waals surface area contributed by atoms with E-state index in [1.807, 2.05) is 0 Å². The molecule has 0 spiro atoms. The first-order valence-electron chi connectivity index (χ1n) is 7.34. The Morgan fingerprint density at radius 3 is 2.42 bits per heavy atom. The molecule has 0 radical (unpaired) electrons. The molecule has 1 aliphatic rings. The lowest BCUT2D eigenvalue weighted by molar-refractivity contribution is 0.633. The zero-order valence-electron chi connectivity index (χ0n) is 12.5. The van der Waals surface area contributed by atoms with E-state index in [2.05, 4.69) is 44.7 Å². The monoisotopic (exact) mass is 280 g/mol. The lowest BCUT2D eigenvalue weighted by Crippen LogP contribution is -2.33.